The summed E-state index contributed by atoms with van der Waals surface area (Å²) in [6, 6.07) is 4.18. The lowest BCUT2D eigenvalue weighted by Gasteiger charge is -2.22. The average Bonchev–Trinajstić information content (AvgIpc) is 2.36. The summed E-state index contributed by atoms with van der Waals surface area (Å²) in [5, 5.41) is 9.33. The predicted molar refractivity (Wildman–Crippen MR) is 79.6 cm³/mol. The molecular formula is C16H27NO2. The van der Waals surface area contributed by atoms with Gasteiger partial charge >= 0.3 is 0 Å². The molecule has 3 N–H and O–H groups in total. The van der Waals surface area contributed by atoms with Gasteiger partial charge in [0.05, 0.1) is 6.61 Å². The molecule has 0 spiro atoms. The molecule has 0 saturated heterocycles. The van der Waals surface area contributed by atoms with E-state index >= 15 is 0 Å². The van der Waals surface area contributed by atoms with Gasteiger partial charge in [-0.05, 0) is 74.4 Å². The summed E-state index contributed by atoms with van der Waals surface area (Å²) in [6.07, 6.45) is 0.951. The van der Waals surface area contributed by atoms with Gasteiger partial charge in [-0.15, -0.1) is 0 Å². The van der Waals surface area contributed by atoms with Gasteiger partial charge in [-0.25, -0.2) is 0 Å². The molecule has 108 valence electrons. The minimum absolute atomic E-state index is 0.160. The first-order valence-corrected chi connectivity index (χ1v) is 7.07. The lowest BCUT2D eigenvalue weighted by atomic mass is 9.86. The van der Waals surface area contributed by atoms with Crippen molar-refractivity contribution in [1.82, 2.24) is 0 Å². The third-order valence-corrected chi connectivity index (χ3v) is 3.85. The molecule has 0 bridgehead atoms. The van der Waals surface area contributed by atoms with Crippen molar-refractivity contribution in [3.63, 3.8) is 0 Å². The van der Waals surface area contributed by atoms with Crippen LogP contribution in [0.15, 0.2) is 12.1 Å². The van der Waals surface area contributed by atoms with Gasteiger partial charge in [-0.2, -0.15) is 0 Å². The van der Waals surface area contributed by atoms with Crippen molar-refractivity contribution in [2.24, 2.45) is 17.6 Å². The molecule has 0 aromatic heterocycles. The molecule has 3 heteroatoms. The lowest BCUT2D eigenvalue weighted by molar-refractivity contribution is 0.187. The highest BCUT2D eigenvalue weighted by Gasteiger charge is 2.17. The van der Waals surface area contributed by atoms with Crippen molar-refractivity contribution in [2.45, 2.75) is 34.1 Å². The largest absolute Gasteiger partial charge is 0.494 e. The summed E-state index contributed by atoms with van der Waals surface area (Å²) in [4.78, 5) is 0. The minimum Gasteiger partial charge on any atom is -0.494 e. The highest BCUT2D eigenvalue weighted by molar-refractivity contribution is 5.41. The first kappa shape index (κ1) is 16.0. The fraction of sp³-hybridized carbons (Fsp3) is 0.625. The monoisotopic (exact) mass is 265 g/mol. The Bertz CT molecular complexity index is 377. The molecular weight excluding hydrogens is 238 g/mol. The normalized spacial score (nSPS) is 14.2. The Kier molecular flexibility index (Phi) is 6.32. The quantitative estimate of drug-likeness (QED) is 0.796. The van der Waals surface area contributed by atoms with E-state index in [-0.39, 0.29) is 12.5 Å². The van der Waals surface area contributed by atoms with Crippen molar-refractivity contribution in [3.8, 4) is 5.75 Å². The van der Waals surface area contributed by atoms with Crippen molar-refractivity contribution < 1.29 is 9.84 Å². The van der Waals surface area contributed by atoms with E-state index in [4.69, 9.17) is 10.5 Å². The molecule has 2 atom stereocenters. The van der Waals surface area contributed by atoms with E-state index in [0.717, 1.165) is 12.2 Å². The zero-order valence-corrected chi connectivity index (χ0v) is 12.6. The Labute approximate surface area is 116 Å². The number of hydrogen-bond donors (Lipinski definition) is 2. The Balaban J connectivity index is 2.89. The van der Waals surface area contributed by atoms with Crippen molar-refractivity contribution >= 4 is 0 Å². The van der Waals surface area contributed by atoms with Crippen LogP contribution < -0.4 is 10.5 Å². The summed E-state index contributed by atoms with van der Waals surface area (Å²) >= 11 is 0. The van der Waals surface area contributed by atoms with Crippen LogP contribution in [-0.2, 0) is 6.42 Å². The molecule has 1 aromatic rings. The van der Waals surface area contributed by atoms with Crippen LogP contribution in [0.25, 0.3) is 0 Å². The molecule has 0 fully saturated rings. The van der Waals surface area contributed by atoms with E-state index in [1.807, 2.05) is 6.92 Å². The molecule has 19 heavy (non-hydrogen) atoms. The molecule has 0 aliphatic carbocycles. The number of hydrogen-bond acceptors (Lipinski definition) is 3. The third kappa shape index (κ3) is 4.22. The fourth-order valence-corrected chi connectivity index (χ4v) is 2.50. The zero-order chi connectivity index (χ0) is 14.4. The van der Waals surface area contributed by atoms with Crippen molar-refractivity contribution in [3.05, 3.63) is 28.8 Å². The summed E-state index contributed by atoms with van der Waals surface area (Å²) < 4.78 is 5.56. The topological polar surface area (TPSA) is 55.5 Å². The first-order valence-electron chi connectivity index (χ1n) is 7.07. The third-order valence-electron chi connectivity index (χ3n) is 3.85. The maximum Gasteiger partial charge on any atom is 0.119 e. The SMILES string of the molecule is CCOc1cc(C)c(CC(C)C(CN)CO)c(C)c1. The highest BCUT2D eigenvalue weighted by atomic mass is 16.5. The molecule has 1 aromatic carbocycles. The standard InChI is InChI=1S/C16H27NO2/c1-5-19-15-6-12(3)16(13(4)7-15)8-11(2)14(9-17)10-18/h6-7,11,14,18H,5,8-10,17H2,1-4H3. The molecule has 0 aliphatic heterocycles. The van der Waals surface area contributed by atoms with Crippen LogP contribution in [0.2, 0.25) is 0 Å². The van der Waals surface area contributed by atoms with E-state index in [1.165, 1.54) is 16.7 Å². The van der Waals surface area contributed by atoms with Gasteiger partial charge in [0.1, 0.15) is 5.75 Å². The number of nitrogens with two attached hydrogens (primary N) is 1. The van der Waals surface area contributed by atoms with Gasteiger partial charge in [0.25, 0.3) is 0 Å². The number of ether oxygens (including phenoxy) is 1. The highest BCUT2D eigenvalue weighted by Crippen LogP contribution is 2.26. The van der Waals surface area contributed by atoms with E-state index in [0.29, 0.717) is 19.1 Å². The molecule has 3 nitrogen and oxygen atoms in total. The van der Waals surface area contributed by atoms with E-state index in [1.54, 1.807) is 0 Å². The van der Waals surface area contributed by atoms with Crippen LogP contribution >= 0.6 is 0 Å². The van der Waals surface area contributed by atoms with Gasteiger partial charge in [0, 0.05) is 6.61 Å². The van der Waals surface area contributed by atoms with Gasteiger partial charge in [-0.1, -0.05) is 6.92 Å². The second-order valence-electron chi connectivity index (χ2n) is 5.33. The Morgan fingerprint density at radius 2 is 1.84 bits per heavy atom. The van der Waals surface area contributed by atoms with Crippen LogP contribution in [0.5, 0.6) is 5.75 Å². The fourth-order valence-electron chi connectivity index (χ4n) is 2.50. The number of aliphatic hydroxyl groups is 1. The molecule has 1 rings (SSSR count). The molecule has 0 saturated carbocycles. The van der Waals surface area contributed by atoms with Crippen molar-refractivity contribution in [1.29, 1.82) is 0 Å². The van der Waals surface area contributed by atoms with Gasteiger partial charge in [-0.3, -0.25) is 0 Å². The lowest BCUT2D eigenvalue weighted by Crippen LogP contribution is -2.26. The Morgan fingerprint density at radius 1 is 1.26 bits per heavy atom. The molecule has 0 aliphatic rings. The smallest absolute Gasteiger partial charge is 0.119 e. The summed E-state index contributed by atoms with van der Waals surface area (Å²) in [5.74, 6) is 1.49. The van der Waals surface area contributed by atoms with Crippen LogP contribution in [0.1, 0.15) is 30.5 Å². The van der Waals surface area contributed by atoms with Crippen LogP contribution in [0.3, 0.4) is 0 Å². The molecule has 0 radical (unpaired) electrons. The van der Waals surface area contributed by atoms with E-state index in [2.05, 4.69) is 32.9 Å². The molecule has 0 heterocycles. The summed E-state index contributed by atoms with van der Waals surface area (Å²) in [7, 11) is 0. The van der Waals surface area contributed by atoms with Gasteiger partial charge < -0.3 is 15.6 Å². The zero-order valence-electron chi connectivity index (χ0n) is 12.6. The summed E-state index contributed by atoms with van der Waals surface area (Å²) in [5.41, 5.74) is 9.55. The second kappa shape index (κ2) is 7.51. The molecule has 0 amide bonds. The van der Waals surface area contributed by atoms with Crippen LogP contribution in [0, 0.1) is 25.7 Å². The van der Waals surface area contributed by atoms with Crippen LogP contribution in [0.4, 0.5) is 0 Å². The number of rotatable bonds is 7. The maximum absolute atomic E-state index is 9.33. The van der Waals surface area contributed by atoms with Gasteiger partial charge in [0.15, 0.2) is 0 Å². The number of aryl methyl sites for hydroxylation is 2. The Morgan fingerprint density at radius 3 is 2.26 bits per heavy atom. The first-order chi connectivity index (χ1) is 9.03. The molecule has 2 unspecified atom stereocenters. The van der Waals surface area contributed by atoms with Crippen LogP contribution in [-0.4, -0.2) is 24.9 Å². The van der Waals surface area contributed by atoms with Crippen molar-refractivity contribution in [2.75, 3.05) is 19.8 Å². The minimum atomic E-state index is 0.160. The average molecular weight is 265 g/mol. The van der Waals surface area contributed by atoms with E-state index < -0.39 is 0 Å². The number of benzene rings is 1. The number of aliphatic hydroxyl groups excluding tert-OH is 1. The summed E-state index contributed by atoms with van der Waals surface area (Å²) in [6.45, 7) is 9.77. The Hall–Kier alpha value is -1.06. The second-order valence-corrected chi connectivity index (χ2v) is 5.33. The maximum atomic E-state index is 9.33. The predicted octanol–water partition coefficient (Wildman–Crippen LogP) is 2.45. The van der Waals surface area contributed by atoms with E-state index in [9.17, 15) is 5.11 Å². The van der Waals surface area contributed by atoms with Gasteiger partial charge in [0.2, 0.25) is 0 Å².